The number of nitrogens with zero attached hydrogens (tertiary/aromatic N) is 1. The lowest BCUT2D eigenvalue weighted by atomic mass is 9.69. The lowest BCUT2D eigenvalue weighted by molar-refractivity contribution is -0.148. The SMILES string of the molecule is CCC(C#N)C1(O)CC(OC)C1. The maximum Gasteiger partial charge on any atom is 0.0854 e. The van der Waals surface area contributed by atoms with Gasteiger partial charge in [-0.15, -0.1) is 0 Å². The Bertz CT molecular complexity index is 191. The third-order valence-corrected chi connectivity index (χ3v) is 2.71. The number of rotatable bonds is 3. The number of nitriles is 1. The summed E-state index contributed by atoms with van der Waals surface area (Å²) in [5.74, 6) is -0.233. The Hall–Kier alpha value is -0.590. The highest BCUT2D eigenvalue weighted by molar-refractivity contribution is 5.06. The molecular formula is C9H15NO2. The zero-order chi connectivity index (χ0) is 9.19. The third-order valence-electron chi connectivity index (χ3n) is 2.71. The molecule has 3 nitrogen and oxygen atoms in total. The zero-order valence-electron chi connectivity index (χ0n) is 7.58. The summed E-state index contributed by atoms with van der Waals surface area (Å²) in [6.45, 7) is 1.92. The van der Waals surface area contributed by atoms with Crippen LogP contribution in [0.25, 0.3) is 0 Å². The van der Waals surface area contributed by atoms with E-state index in [1.807, 2.05) is 6.92 Å². The molecule has 1 saturated carbocycles. The van der Waals surface area contributed by atoms with Gasteiger partial charge in [0.2, 0.25) is 0 Å². The summed E-state index contributed by atoms with van der Waals surface area (Å²) in [7, 11) is 1.64. The highest BCUT2D eigenvalue weighted by Crippen LogP contribution is 2.41. The minimum absolute atomic E-state index is 0.150. The van der Waals surface area contributed by atoms with Crippen molar-refractivity contribution in [2.45, 2.75) is 37.9 Å². The second kappa shape index (κ2) is 3.42. The number of aliphatic hydroxyl groups is 1. The molecule has 1 aliphatic carbocycles. The molecule has 68 valence electrons. The van der Waals surface area contributed by atoms with E-state index in [4.69, 9.17) is 10.00 Å². The van der Waals surface area contributed by atoms with Gasteiger partial charge >= 0.3 is 0 Å². The molecule has 3 heteroatoms. The van der Waals surface area contributed by atoms with Crippen molar-refractivity contribution in [1.29, 1.82) is 5.26 Å². The van der Waals surface area contributed by atoms with Gasteiger partial charge in [-0.3, -0.25) is 0 Å². The molecule has 1 rings (SSSR count). The highest BCUT2D eigenvalue weighted by atomic mass is 16.5. The molecule has 0 radical (unpaired) electrons. The molecule has 0 aromatic heterocycles. The van der Waals surface area contributed by atoms with Crippen molar-refractivity contribution in [3.8, 4) is 6.07 Å². The van der Waals surface area contributed by atoms with Crippen LogP contribution in [0, 0.1) is 17.2 Å². The molecule has 0 aromatic carbocycles. The van der Waals surface area contributed by atoms with Crippen molar-refractivity contribution < 1.29 is 9.84 Å². The smallest absolute Gasteiger partial charge is 0.0854 e. The molecule has 1 N–H and O–H groups in total. The minimum atomic E-state index is -0.774. The van der Waals surface area contributed by atoms with E-state index in [1.165, 1.54) is 0 Å². The second-order valence-corrected chi connectivity index (χ2v) is 3.46. The Kier molecular flexibility index (Phi) is 2.71. The topological polar surface area (TPSA) is 53.2 Å². The van der Waals surface area contributed by atoms with Crippen molar-refractivity contribution in [1.82, 2.24) is 0 Å². The first-order valence-corrected chi connectivity index (χ1v) is 4.31. The van der Waals surface area contributed by atoms with Gasteiger partial charge in [0.1, 0.15) is 0 Å². The summed E-state index contributed by atoms with van der Waals surface area (Å²) in [6.07, 6.45) is 2.08. The van der Waals surface area contributed by atoms with Crippen LogP contribution in [0.5, 0.6) is 0 Å². The normalized spacial score (nSPS) is 36.7. The van der Waals surface area contributed by atoms with Crippen LogP contribution in [0.3, 0.4) is 0 Å². The molecule has 0 saturated heterocycles. The summed E-state index contributed by atoms with van der Waals surface area (Å²) in [6, 6.07) is 2.13. The van der Waals surface area contributed by atoms with Gasteiger partial charge in [-0.05, 0) is 6.42 Å². The molecular weight excluding hydrogens is 154 g/mol. The zero-order valence-corrected chi connectivity index (χ0v) is 7.58. The van der Waals surface area contributed by atoms with E-state index in [2.05, 4.69) is 6.07 Å². The van der Waals surface area contributed by atoms with E-state index in [0.29, 0.717) is 19.3 Å². The van der Waals surface area contributed by atoms with Crippen LogP contribution in [0.1, 0.15) is 26.2 Å². The van der Waals surface area contributed by atoms with Crippen LogP contribution in [0.2, 0.25) is 0 Å². The van der Waals surface area contributed by atoms with E-state index in [-0.39, 0.29) is 12.0 Å². The molecule has 0 spiro atoms. The molecule has 1 atom stereocenters. The Morgan fingerprint density at radius 3 is 2.67 bits per heavy atom. The van der Waals surface area contributed by atoms with Crippen molar-refractivity contribution in [3.63, 3.8) is 0 Å². The Labute approximate surface area is 73.0 Å². The molecule has 0 amide bonds. The van der Waals surface area contributed by atoms with Crippen LogP contribution < -0.4 is 0 Å². The van der Waals surface area contributed by atoms with Crippen LogP contribution >= 0.6 is 0 Å². The minimum Gasteiger partial charge on any atom is -0.388 e. The van der Waals surface area contributed by atoms with Crippen LogP contribution in [0.15, 0.2) is 0 Å². The van der Waals surface area contributed by atoms with Crippen LogP contribution in [-0.2, 0) is 4.74 Å². The van der Waals surface area contributed by atoms with Gasteiger partial charge in [0.15, 0.2) is 0 Å². The van der Waals surface area contributed by atoms with E-state index in [0.717, 1.165) is 0 Å². The molecule has 12 heavy (non-hydrogen) atoms. The summed E-state index contributed by atoms with van der Waals surface area (Å²) in [5, 5.41) is 18.6. The van der Waals surface area contributed by atoms with Gasteiger partial charge in [0, 0.05) is 20.0 Å². The van der Waals surface area contributed by atoms with Crippen molar-refractivity contribution >= 4 is 0 Å². The van der Waals surface area contributed by atoms with Gasteiger partial charge in [-0.25, -0.2) is 0 Å². The number of hydrogen-bond acceptors (Lipinski definition) is 3. The molecule has 0 heterocycles. The van der Waals surface area contributed by atoms with Crippen LogP contribution in [-0.4, -0.2) is 23.9 Å². The Balaban J connectivity index is 2.48. The molecule has 1 unspecified atom stereocenters. The number of methoxy groups -OCH3 is 1. The quantitative estimate of drug-likeness (QED) is 0.687. The first kappa shape index (κ1) is 9.50. The first-order valence-electron chi connectivity index (χ1n) is 4.31. The first-order chi connectivity index (χ1) is 5.66. The monoisotopic (exact) mass is 169 g/mol. The maximum absolute atomic E-state index is 9.87. The fourth-order valence-electron chi connectivity index (χ4n) is 1.77. The van der Waals surface area contributed by atoms with E-state index in [9.17, 15) is 5.11 Å². The summed E-state index contributed by atoms with van der Waals surface area (Å²) in [5.41, 5.74) is -0.774. The molecule has 0 bridgehead atoms. The van der Waals surface area contributed by atoms with Crippen LogP contribution in [0.4, 0.5) is 0 Å². The summed E-state index contributed by atoms with van der Waals surface area (Å²) >= 11 is 0. The number of ether oxygens (including phenoxy) is 1. The van der Waals surface area contributed by atoms with Gasteiger partial charge in [-0.2, -0.15) is 5.26 Å². The van der Waals surface area contributed by atoms with E-state index >= 15 is 0 Å². The maximum atomic E-state index is 9.87. The van der Waals surface area contributed by atoms with E-state index < -0.39 is 5.60 Å². The lowest BCUT2D eigenvalue weighted by Crippen LogP contribution is -2.52. The van der Waals surface area contributed by atoms with Gasteiger partial charge in [0.25, 0.3) is 0 Å². The number of hydrogen-bond donors (Lipinski definition) is 1. The summed E-state index contributed by atoms with van der Waals surface area (Å²) in [4.78, 5) is 0. The van der Waals surface area contributed by atoms with Gasteiger partial charge < -0.3 is 9.84 Å². The van der Waals surface area contributed by atoms with Crippen molar-refractivity contribution in [2.75, 3.05) is 7.11 Å². The molecule has 0 aliphatic heterocycles. The standard InChI is InChI=1S/C9H15NO2/c1-3-7(6-10)9(11)4-8(5-9)12-2/h7-8,11H,3-5H2,1-2H3. The third kappa shape index (κ3) is 1.45. The predicted molar refractivity (Wildman–Crippen MR) is 44.4 cm³/mol. The average molecular weight is 169 g/mol. The molecule has 0 aromatic rings. The Morgan fingerprint density at radius 1 is 1.75 bits per heavy atom. The van der Waals surface area contributed by atoms with Crippen molar-refractivity contribution in [3.05, 3.63) is 0 Å². The molecule has 1 fully saturated rings. The fraction of sp³-hybridized carbons (Fsp3) is 0.889. The van der Waals surface area contributed by atoms with Gasteiger partial charge in [0.05, 0.1) is 23.7 Å². The lowest BCUT2D eigenvalue weighted by Gasteiger charge is -2.45. The Morgan fingerprint density at radius 2 is 2.33 bits per heavy atom. The van der Waals surface area contributed by atoms with E-state index in [1.54, 1.807) is 7.11 Å². The highest BCUT2D eigenvalue weighted by Gasteiger charge is 2.48. The summed E-state index contributed by atoms with van der Waals surface area (Å²) < 4.78 is 5.05. The second-order valence-electron chi connectivity index (χ2n) is 3.46. The average Bonchev–Trinajstić information content (AvgIpc) is 2.01. The van der Waals surface area contributed by atoms with Crippen molar-refractivity contribution in [2.24, 2.45) is 5.92 Å². The predicted octanol–water partition coefficient (Wildman–Crippen LogP) is 1.08. The van der Waals surface area contributed by atoms with Gasteiger partial charge in [-0.1, -0.05) is 6.92 Å². The largest absolute Gasteiger partial charge is 0.388 e. The molecule has 1 aliphatic rings. The fourth-order valence-corrected chi connectivity index (χ4v) is 1.77.